The lowest BCUT2D eigenvalue weighted by Gasteiger charge is -2.29. The summed E-state index contributed by atoms with van der Waals surface area (Å²) in [6.45, 7) is 4.35. The first kappa shape index (κ1) is 15.4. The Balaban J connectivity index is 1.82. The summed E-state index contributed by atoms with van der Waals surface area (Å²) in [4.78, 5) is 8.72. The molecule has 0 aliphatic heterocycles. The maximum Gasteiger partial charge on any atom is 0.115 e. The molecule has 1 atom stereocenters. The summed E-state index contributed by atoms with van der Waals surface area (Å²) in [5, 5.41) is 0. The number of nitrogens with one attached hydrogen (secondary N) is 1. The van der Waals surface area contributed by atoms with Crippen molar-refractivity contribution in [3.63, 3.8) is 0 Å². The molecule has 1 N–H and O–H groups in total. The lowest BCUT2D eigenvalue weighted by atomic mass is 9.76. The van der Waals surface area contributed by atoms with Gasteiger partial charge in [0.05, 0.1) is 11.0 Å². The van der Waals surface area contributed by atoms with Crippen LogP contribution < -0.4 is 0 Å². The molecular weight excluding hydrogens is 292 g/mol. The van der Waals surface area contributed by atoms with Gasteiger partial charge >= 0.3 is 0 Å². The molecule has 1 heterocycles. The third-order valence-corrected chi connectivity index (χ3v) is 5.77. The number of nitrogens with zero attached hydrogens (tertiary/aromatic N) is 1. The highest BCUT2D eigenvalue weighted by molar-refractivity contribution is 5.80. The fourth-order valence-electron chi connectivity index (χ4n) is 4.26. The second-order valence-electron chi connectivity index (χ2n) is 7.31. The van der Waals surface area contributed by atoms with E-state index in [9.17, 15) is 0 Å². The number of imidazole rings is 1. The van der Waals surface area contributed by atoms with Crippen LogP contribution in [0.15, 0.2) is 42.5 Å². The number of aromatic amines is 1. The van der Waals surface area contributed by atoms with E-state index in [-0.39, 0.29) is 0 Å². The number of benzene rings is 2. The monoisotopic (exact) mass is 318 g/mol. The van der Waals surface area contributed by atoms with E-state index in [1.165, 1.54) is 54.3 Å². The summed E-state index contributed by atoms with van der Waals surface area (Å²) in [6.07, 6.45) is 6.72. The van der Waals surface area contributed by atoms with Gasteiger partial charge in [-0.1, -0.05) is 55.7 Å². The number of fused-ring (bicyclic) bond motifs is 1. The molecule has 1 aromatic heterocycles. The Morgan fingerprint density at radius 2 is 1.71 bits per heavy atom. The van der Waals surface area contributed by atoms with Gasteiger partial charge in [-0.05, 0) is 55.4 Å². The van der Waals surface area contributed by atoms with E-state index >= 15 is 0 Å². The predicted molar refractivity (Wildman–Crippen MR) is 100 cm³/mol. The molecule has 1 aliphatic rings. The summed E-state index contributed by atoms with van der Waals surface area (Å²) in [5.74, 6) is 2.23. The molecule has 24 heavy (non-hydrogen) atoms. The van der Waals surface area contributed by atoms with Crippen LogP contribution in [0.5, 0.6) is 0 Å². The molecule has 1 unspecified atom stereocenters. The van der Waals surface area contributed by atoms with Gasteiger partial charge in [-0.2, -0.15) is 0 Å². The molecule has 2 heteroatoms. The van der Waals surface area contributed by atoms with E-state index < -0.39 is 0 Å². The maximum atomic E-state index is 5.07. The van der Waals surface area contributed by atoms with Crippen LogP contribution in [-0.4, -0.2) is 9.97 Å². The second kappa shape index (κ2) is 6.43. The topological polar surface area (TPSA) is 28.7 Å². The minimum Gasteiger partial charge on any atom is -0.341 e. The van der Waals surface area contributed by atoms with Gasteiger partial charge in [0.15, 0.2) is 0 Å². The largest absolute Gasteiger partial charge is 0.341 e. The fraction of sp³-hybridized carbons (Fsp3) is 0.409. The van der Waals surface area contributed by atoms with Crippen molar-refractivity contribution in [2.45, 2.75) is 51.9 Å². The fourth-order valence-corrected chi connectivity index (χ4v) is 4.26. The molecule has 1 fully saturated rings. The first-order valence-corrected chi connectivity index (χ1v) is 9.25. The minimum atomic E-state index is 0.388. The van der Waals surface area contributed by atoms with E-state index in [1.807, 2.05) is 0 Å². The standard InChI is InChI=1S/C22H26N2/c1-15-13-14-19-21(16(15)2)24-22(23-19)20(17-9-5-3-6-10-17)18-11-7-4-8-12-18/h3,5-6,9-10,13-14,18,20H,4,7-8,11-12H2,1-2H3,(H,23,24). The number of H-pyrrole nitrogens is 1. The maximum absolute atomic E-state index is 5.07. The normalized spacial score (nSPS) is 17.2. The molecule has 3 aromatic rings. The van der Waals surface area contributed by atoms with Crippen molar-refractivity contribution in [3.8, 4) is 0 Å². The van der Waals surface area contributed by atoms with E-state index in [4.69, 9.17) is 4.98 Å². The summed E-state index contributed by atoms with van der Waals surface area (Å²) >= 11 is 0. The molecule has 0 saturated heterocycles. The Labute approximate surface area is 144 Å². The third kappa shape index (κ3) is 2.75. The Bertz CT molecular complexity index is 826. The molecule has 1 aliphatic carbocycles. The van der Waals surface area contributed by atoms with Crippen LogP contribution in [0.3, 0.4) is 0 Å². The van der Waals surface area contributed by atoms with Gasteiger partial charge in [0.1, 0.15) is 5.82 Å². The molecule has 2 aromatic carbocycles. The van der Waals surface area contributed by atoms with Gasteiger partial charge in [0.2, 0.25) is 0 Å². The molecule has 0 amide bonds. The van der Waals surface area contributed by atoms with Gasteiger partial charge in [-0.3, -0.25) is 0 Å². The highest BCUT2D eigenvalue weighted by atomic mass is 14.9. The van der Waals surface area contributed by atoms with Crippen LogP contribution in [0.2, 0.25) is 0 Å². The molecule has 124 valence electrons. The summed E-state index contributed by atoms with van der Waals surface area (Å²) in [7, 11) is 0. The van der Waals surface area contributed by atoms with E-state index in [0.717, 1.165) is 11.3 Å². The highest BCUT2D eigenvalue weighted by Crippen LogP contribution is 2.40. The average Bonchev–Trinajstić information content (AvgIpc) is 3.05. The molecule has 0 radical (unpaired) electrons. The van der Waals surface area contributed by atoms with E-state index in [1.54, 1.807) is 0 Å². The lowest BCUT2D eigenvalue weighted by molar-refractivity contribution is 0.322. The van der Waals surface area contributed by atoms with Crippen LogP contribution in [0.4, 0.5) is 0 Å². The third-order valence-electron chi connectivity index (χ3n) is 5.77. The molecule has 0 spiro atoms. The summed E-state index contributed by atoms with van der Waals surface area (Å²) in [6, 6.07) is 15.3. The van der Waals surface area contributed by atoms with E-state index in [2.05, 4.69) is 61.3 Å². The Morgan fingerprint density at radius 3 is 2.46 bits per heavy atom. The number of aryl methyl sites for hydroxylation is 2. The van der Waals surface area contributed by atoms with Crippen LogP contribution in [-0.2, 0) is 0 Å². The molecule has 1 saturated carbocycles. The number of rotatable bonds is 3. The number of aromatic nitrogens is 2. The lowest BCUT2D eigenvalue weighted by Crippen LogP contribution is -2.18. The van der Waals surface area contributed by atoms with Crippen molar-refractivity contribution < 1.29 is 0 Å². The van der Waals surface area contributed by atoms with Crippen molar-refractivity contribution in [2.24, 2.45) is 5.92 Å². The van der Waals surface area contributed by atoms with Gasteiger partial charge in [0.25, 0.3) is 0 Å². The molecule has 4 rings (SSSR count). The van der Waals surface area contributed by atoms with Crippen LogP contribution in [0, 0.1) is 19.8 Å². The smallest absolute Gasteiger partial charge is 0.115 e. The quantitative estimate of drug-likeness (QED) is 0.640. The zero-order chi connectivity index (χ0) is 16.5. The first-order valence-electron chi connectivity index (χ1n) is 9.25. The minimum absolute atomic E-state index is 0.388. The van der Waals surface area contributed by atoms with E-state index in [0.29, 0.717) is 11.8 Å². The SMILES string of the molecule is Cc1ccc2[nH]c(C(c3ccccc3)C3CCCCC3)nc2c1C. The van der Waals surface area contributed by atoms with Gasteiger partial charge in [0, 0.05) is 5.92 Å². The highest BCUT2D eigenvalue weighted by Gasteiger charge is 2.29. The van der Waals surface area contributed by atoms with Crippen LogP contribution >= 0.6 is 0 Å². The Hall–Kier alpha value is -2.09. The van der Waals surface area contributed by atoms with Crippen molar-refractivity contribution in [1.82, 2.24) is 9.97 Å². The molecule has 0 bridgehead atoms. The Morgan fingerprint density at radius 1 is 0.958 bits per heavy atom. The second-order valence-corrected chi connectivity index (χ2v) is 7.31. The first-order chi connectivity index (χ1) is 11.7. The van der Waals surface area contributed by atoms with Crippen molar-refractivity contribution in [3.05, 3.63) is 65.0 Å². The Kier molecular flexibility index (Phi) is 4.13. The zero-order valence-electron chi connectivity index (χ0n) is 14.7. The summed E-state index contributed by atoms with van der Waals surface area (Å²) < 4.78 is 0. The van der Waals surface area contributed by atoms with Gasteiger partial charge < -0.3 is 4.98 Å². The molecular formula is C22H26N2. The summed E-state index contributed by atoms with van der Waals surface area (Å²) in [5.41, 5.74) is 6.32. The zero-order valence-corrected chi connectivity index (χ0v) is 14.7. The number of hydrogen-bond acceptors (Lipinski definition) is 1. The van der Waals surface area contributed by atoms with Crippen molar-refractivity contribution in [1.29, 1.82) is 0 Å². The van der Waals surface area contributed by atoms with Crippen LogP contribution in [0.1, 0.15) is 60.5 Å². The average molecular weight is 318 g/mol. The van der Waals surface area contributed by atoms with Gasteiger partial charge in [-0.25, -0.2) is 4.98 Å². The van der Waals surface area contributed by atoms with Crippen molar-refractivity contribution in [2.75, 3.05) is 0 Å². The number of hydrogen-bond donors (Lipinski definition) is 1. The molecule has 2 nitrogen and oxygen atoms in total. The van der Waals surface area contributed by atoms with Crippen molar-refractivity contribution >= 4 is 11.0 Å². The predicted octanol–water partition coefficient (Wildman–Crippen LogP) is 5.89. The van der Waals surface area contributed by atoms with Gasteiger partial charge in [-0.15, -0.1) is 0 Å². The van der Waals surface area contributed by atoms with Crippen LogP contribution in [0.25, 0.3) is 11.0 Å².